The second kappa shape index (κ2) is 6.76. The van der Waals surface area contributed by atoms with Crippen molar-refractivity contribution in [2.75, 3.05) is 32.8 Å². The van der Waals surface area contributed by atoms with E-state index in [9.17, 15) is 0 Å². The first-order valence-corrected chi connectivity index (χ1v) is 6.89. The zero-order valence-corrected chi connectivity index (χ0v) is 11.4. The molecule has 0 aromatic heterocycles. The molecule has 1 atom stereocenters. The molecule has 0 bridgehead atoms. The molecule has 18 heavy (non-hydrogen) atoms. The average Bonchev–Trinajstić information content (AvgIpc) is 2.40. The largest absolute Gasteiger partial charge is 0.492 e. The van der Waals surface area contributed by atoms with Crippen LogP contribution in [0.2, 0.25) is 0 Å². The predicted molar refractivity (Wildman–Crippen MR) is 75.0 cm³/mol. The van der Waals surface area contributed by atoms with Gasteiger partial charge in [0, 0.05) is 32.2 Å². The lowest BCUT2D eigenvalue weighted by Crippen LogP contribution is -2.53. The third kappa shape index (κ3) is 4.00. The molecular weight excluding hydrogens is 224 g/mol. The van der Waals surface area contributed by atoms with E-state index in [4.69, 9.17) is 4.74 Å². The van der Waals surface area contributed by atoms with Crippen molar-refractivity contribution >= 4 is 0 Å². The van der Waals surface area contributed by atoms with Crippen LogP contribution in [0.4, 0.5) is 0 Å². The van der Waals surface area contributed by atoms with Crippen molar-refractivity contribution in [1.29, 1.82) is 0 Å². The SMILES string of the molecule is CC(C)C1CN(CCOc2ccccc2)CCN1. The van der Waals surface area contributed by atoms with Crippen molar-refractivity contribution in [3.05, 3.63) is 30.3 Å². The molecule has 0 aliphatic carbocycles. The molecule has 0 radical (unpaired) electrons. The molecule has 0 saturated carbocycles. The molecule has 0 amide bonds. The Kier molecular flexibility index (Phi) is 5.02. The molecular formula is C15H24N2O. The van der Waals surface area contributed by atoms with Crippen molar-refractivity contribution in [2.24, 2.45) is 5.92 Å². The first-order chi connectivity index (χ1) is 8.75. The molecule has 100 valence electrons. The van der Waals surface area contributed by atoms with Gasteiger partial charge >= 0.3 is 0 Å². The third-order valence-corrected chi connectivity index (χ3v) is 3.51. The quantitative estimate of drug-likeness (QED) is 0.862. The maximum Gasteiger partial charge on any atom is 0.119 e. The summed E-state index contributed by atoms with van der Waals surface area (Å²) in [4.78, 5) is 2.49. The van der Waals surface area contributed by atoms with E-state index in [2.05, 4.69) is 24.1 Å². The summed E-state index contributed by atoms with van der Waals surface area (Å²) in [5.74, 6) is 1.66. The number of hydrogen-bond donors (Lipinski definition) is 1. The van der Waals surface area contributed by atoms with Crippen LogP contribution in [-0.2, 0) is 0 Å². The van der Waals surface area contributed by atoms with Crippen LogP contribution in [0.5, 0.6) is 5.75 Å². The van der Waals surface area contributed by atoms with Crippen LogP contribution < -0.4 is 10.1 Å². The fourth-order valence-electron chi connectivity index (χ4n) is 2.30. The Labute approximate surface area is 110 Å². The monoisotopic (exact) mass is 248 g/mol. The van der Waals surface area contributed by atoms with E-state index in [0.29, 0.717) is 12.0 Å². The van der Waals surface area contributed by atoms with Gasteiger partial charge in [-0.25, -0.2) is 0 Å². The summed E-state index contributed by atoms with van der Waals surface area (Å²) in [5, 5.41) is 3.57. The van der Waals surface area contributed by atoms with E-state index in [1.807, 2.05) is 30.3 Å². The predicted octanol–water partition coefficient (Wildman–Crippen LogP) is 2.00. The van der Waals surface area contributed by atoms with Gasteiger partial charge < -0.3 is 10.1 Å². The third-order valence-electron chi connectivity index (χ3n) is 3.51. The zero-order valence-electron chi connectivity index (χ0n) is 11.4. The number of hydrogen-bond acceptors (Lipinski definition) is 3. The minimum absolute atomic E-state index is 0.621. The second-order valence-corrected chi connectivity index (χ2v) is 5.27. The highest BCUT2D eigenvalue weighted by Crippen LogP contribution is 2.10. The highest BCUT2D eigenvalue weighted by Gasteiger charge is 2.21. The number of nitrogens with one attached hydrogen (secondary N) is 1. The van der Waals surface area contributed by atoms with Crippen LogP contribution in [0.3, 0.4) is 0 Å². The van der Waals surface area contributed by atoms with Crippen LogP contribution in [0.1, 0.15) is 13.8 Å². The molecule has 1 N–H and O–H groups in total. The van der Waals surface area contributed by atoms with Crippen LogP contribution >= 0.6 is 0 Å². The van der Waals surface area contributed by atoms with Crippen molar-refractivity contribution in [1.82, 2.24) is 10.2 Å². The molecule has 2 rings (SSSR count). The molecule has 1 aromatic carbocycles. The molecule has 1 fully saturated rings. The van der Waals surface area contributed by atoms with Crippen molar-refractivity contribution in [2.45, 2.75) is 19.9 Å². The number of benzene rings is 1. The average molecular weight is 248 g/mol. The molecule has 1 aromatic rings. The summed E-state index contributed by atoms with van der Waals surface area (Å²) >= 11 is 0. The summed E-state index contributed by atoms with van der Waals surface area (Å²) in [6.45, 7) is 9.70. The van der Waals surface area contributed by atoms with Gasteiger partial charge in [-0.1, -0.05) is 32.0 Å². The van der Waals surface area contributed by atoms with Crippen molar-refractivity contribution in [3.8, 4) is 5.75 Å². The summed E-state index contributed by atoms with van der Waals surface area (Å²) in [5.41, 5.74) is 0. The van der Waals surface area contributed by atoms with Crippen molar-refractivity contribution in [3.63, 3.8) is 0 Å². The van der Waals surface area contributed by atoms with Crippen LogP contribution in [0, 0.1) is 5.92 Å². The summed E-state index contributed by atoms with van der Waals surface area (Å²) in [6, 6.07) is 10.7. The number of piperazine rings is 1. The highest BCUT2D eigenvalue weighted by atomic mass is 16.5. The van der Waals surface area contributed by atoms with E-state index in [1.165, 1.54) is 0 Å². The zero-order chi connectivity index (χ0) is 12.8. The number of ether oxygens (including phenoxy) is 1. The molecule has 1 saturated heterocycles. The van der Waals surface area contributed by atoms with Gasteiger partial charge in [-0.05, 0) is 18.1 Å². The lowest BCUT2D eigenvalue weighted by atomic mass is 10.0. The van der Waals surface area contributed by atoms with Gasteiger partial charge in [-0.2, -0.15) is 0 Å². The molecule has 1 aliphatic heterocycles. The lowest BCUT2D eigenvalue weighted by molar-refractivity contribution is 0.149. The Hall–Kier alpha value is -1.06. The molecule has 3 nitrogen and oxygen atoms in total. The Bertz CT molecular complexity index is 340. The van der Waals surface area contributed by atoms with Gasteiger partial charge in [-0.3, -0.25) is 4.90 Å². The molecule has 1 aliphatic rings. The van der Waals surface area contributed by atoms with E-state index >= 15 is 0 Å². The summed E-state index contributed by atoms with van der Waals surface area (Å²) < 4.78 is 5.74. The second-order valence-electron chi connectivity index (χ2n) is 5.27. The molecule has 1 unspecified atom stereocenters. The van der Waals surface area contributed by atoms with Gasteiger partial charge in [0.2, 0.25) is 0 Å². The first-order valence-electron chi connectivity index (χ1n) is 6.89. The van der Waals surface area contributed by atoms with Gasteiger partial charge in [0.25, 0.3) is 0 Å². The summed E-state index contributed by atoms with van der Waals surface area (Å²) in [7, 11) is 0. The van der Waals surface area contributed by atoms with Gasteiger partial charge in [-0.15, -0.1) is 0 Å². The van der Waals surface area contributed by atoms with Gasteiger partial charge in [0.1, 0.15) is 12.4 Å². The summed E-state index contributed by atoms with van der Waals surface area (Å²) in [6.07, 6.45) is 0. The maximum atomic E-state index is 5.74. The standard InChI is InChI=1S/C15H24N2O/c1-13(2)15-12-17(9-8-16-15)10-11-18-14-6-4-3-5-7-14/h3-7,13,15-16H,8-12H2,1-2H3. The minimum atomic E-state index is 0.621. The highest BCUT2D eigenvalue weighted by molar-refractivity contribution is 5.20. The Morgan fingerprint density at radius 3 is 2.83 bits per heavy atom. The van der Waals surface area contributed by atoms with E-state index in [-0.39, 0.29) is 0 Å². The Morgan fingerprint density at radius 1 is 1.33 bits per heavy atom. The fraction of sp³-hybridized carbons (Fsp3) is 0.600. The van der Waals surface area contributed by atoms with Crippen LogP contribution in [0.15, 0.2) is 30.3 Å². The molecule has 1 heterocycles. The smallest absolute Gasteiger partial charge is 0.119 e. The van der Waals surface area contributed by atoms with Crippen LogP contribution in [-0.4, -0.2) is 43.7 Å². The minimum Gasteiger partial charge on any atom is -0.492 e. The van der Waals surface area contributed by atoms with Crippen molar-refractivity contribution < 1.29 is 4.74 Å². The first kappa shape index (κ1) is 13.4. The normalized spacial score (nSPS) is 21.2. The topological polar surface area (TPSA) is 24.5 Å². The van der Waals surface area contributed by atoms with E-state index < -0.39 is 0 Å². The van der Waals surface area contributed by atoms with Gasteiger partial charge in [0.05, 0.1) is 0 Å². The van der Waals surface area contributed by atoms with Crippen LogP contribution in [0.25, 0.3) is 0 Å². The van der Waals surface area contributed by atoms with Gasteiger partial charge in [0.15, 0.2) is 0 Å². The Morgan fingerprint density at radius 2 is 2.11 bits per heavy atom. The number of para-hydroxylation sites is 1. The Balaban J connectivity index is 1.70. The lowest BCUT2D eigenvalue weighted by Gasteiger charge is -2.35. The molecule has 3 heteroatoms. The maximum absolute atomic E-state index is 5.74. The fourth-order valence-corrected chi connectivity index (χ4v) is 2.30. The number of nitrogens with zero attached hydrogens (tertiary/aromatic N) is 1. The molecule has 0 spiro atoms. The van der Waals surface area contributed by atoms with E-state index in [0.717, 1.165) is 38.5 Å². The van der Waals surface area contributed by atoms with E-state index in [1.54, 1.807) is 0 Å². The number of rotatable bonds is 5.